The van der Waals surface area contributed by atoms with Crippen LogP contribution >= 0.6 is 0 Å². The fourth-order valence-corrected chi connectivity index (χ4v) is 1.89. The molecule has 94 valence electrons. The molecular formula is C14H17N3O. The van der Waals surface area contributed by atoms with Crippen LogP contribution in [0, 0.1) is 0 Å². The first-order valence-corrected chi connectivity index (χ1v) is 5.88. The van der Waals surface area contributed by atoms with Crippen molar-refractivity contribution in [2.75, 3.05) is 0 Å². The van der Waals surface area contributed by atoms with E-state index in [9.17, 15) is 4.79 Å². The molecule has 4 nitrogen and oxygen atoms in total. The van der Waals surface area contributed by atoms with Crippen LogP contribution < -0.4 is 11.1 Å². The van der Waals surface area contributed by atoms with E-state index < -0.39 is 0 Å². The standard InChI is InChI=1S/C14H17N3O/c1-17-8-4-7-13(17)14(18)16-10-12-6-3-2-5-11(12)9-15/h2-8H,9-10,15H2,1H3,(H,16,18). The Kier molecular flexibility index (Phi) is 3.79. The zero-order chi connectivity index (χ0) is 13.0. The van der Waals surface area contributed by atoms with Gasteiger partial charge in [-0.3, -0.25) is 4.79 Å². The van der Waals surface area contributed by atoms with Gasteiger partial charge in [0.15, 0.2) is 0 Å². The summed E-state index contributed by atoms with van der Waals surface area (Å²) in [5.74, 6) is -0.0747. The van der Waals surface area contributed by atoms with E-state index in [0.717, 1.165) is 11.1 Å². The molecule has 2 aromatic rings. The molecule has 0 spiro atoms. The monoisotopic (exact) mass is 243 g/mol. The number of aryl methyl sites for hydroxylation is 1. The third-order valence-corrected chi connectivity index (χ3v) is 2.95. The number of nitrogens with zero attached hydrogens (tertiary/aromatic N) is 1. The van der Waals surface area contributed by atoms with Crippen molar-refractivity contribution in [1.29, 1.82) is 0 Å². The Balaban J connectivity index is 2.04. The molecule has 1 amide bonds. The van der Waals surface area contributed by atoms with Crippen LogP contribution in [0.2, 0.25) is 0 Å². The van der Waals surface area contributed by atoms with Crippen LogP contribution in [-0.4, -0.2) is 10.5 Å². The summed E-state index contributed by atoms with van der Waals surface area (Å²) in [6.07, 6.45) is 1.85. The Morgan fingerprint density at radius 2 is 1.94 bits per heavy atom. The maximum Gasteiger partial charge on any atom is 0.268 e. The SMILES string of the molecule is Cn1cccc1C(=O)NCc1ccccc1CN. The zero-order valence-corrected chi connectivity index (χ0v) is 10.4. The van der Waals surface area contributed by atoms with Gasteiger partial charge in [0.2, 0.25) is 0 Å². The van der Waals surface area contributed by atoms with Crippen LogP contribution in [0.15, 0.2) is 42.6 Å². The van der Waals surface area contributed by atoms with Gasteiger partial charge in [0, 0.05) is 26.3 Å². The Morgan fingerprint density at radius 1 is 1.22 bits per heavy atom. The molecule has 0 bridgehead atoms. The number of benzene rings is 1. The summed E-state index contributed by atoms with van der Waals surface area (Å²) in [6, 6.07) is 11.5. The quantitative estimate of drug-likeness (QED) is 0.853. The van der Waals surface area contributed by atoms with Gasteiger partial charge in [-0.25, -0.2) is 0 Å². The van der Waals surface area contributed by atoms with E-state index in [0.29, 0.717) is 18.8 Å². The number of amides is 1. The highest BCUT2D eigenvalue weighted by Crippen LogP contribution is 2.08. The van der Waals surface area contributed by atoms with Crippen molar-refractivity contribution in [1.82, 2.24) is 9.88 Å². The lowest BCUT2D eigenvalue weighted by molar-refractivity contribution is 0.0942. The molecule has 4 heteroatoms. The molecule has 0 saturated heterocycles. The van der Waals surface area contributed by atoms with Gasteiger partial charge >= 0.3 is 0 Å². The van der Waals surface area contributed by atoms with E-state index in [1.165, 1.54) is 0 Å². The first-order chi connectivity index (χ1) is 8.72. The molecule has 0 atom stereocenters. The van der Waals surface area contributed by atoms with Crippen molar-refractivity contribution in [2.45, 2.75) is 13.1 Å². The molecule has 0 radical (unpaired) electrons. The fraction of sp³-hybridized carbons (Fsp3) is 0.214. The highest BCUT2D eigenvalue weighted by atomic mass is 16.1. The van der Waals surface area contributed by atoms with Crippen LogP contribution in [0.25, 0.3) is 0 Å². The van der Waals surface area contributed by atoms with Crippen LogP contribution in [0.4, 0.5) is 0 Å². The number of nitrogens with one attached hydrogen (secondary N) is 1. The van der Waals surface area contributed by atoms with E-state index in [2.05, 4.69) is 5.32 Å². The Morgan fingerprint density at radius 3 is 2.56 bits per heavy atom. The third kappa shape index (κ3) is 2.60. The minimum atomic E-state index is -0.0747. The molecule has 0 saturated carbocycles. The summed E-state index contributed by atoms with van der Waals surface area (Å²) < 4.78 is 1.80. The van der Waals surface area contributed by atoms with Crippen LogP contribution in [0.1, 0.15) is 21.6 Å². The molecule has 0 aliphatic rings. The van der Waals surface area contributed by atoms with Gasteiger partial charge < -0.3 is 15.6 Å². The van der Waals surface area contributed by atoms with Crippen molar-refractivity contribution in [2.24, 2.45) is 12.8 Å². The molecule has 1 aromatic heterocycles. The lowest BCUT2D eigenvalue weighted by Crippen LogP contribution is -2.25. The number of hydrogen-bond acceptors (Lipinski definition) is 2. The highest BCUT2D eigenvalue weighted by Gasteiger charge is 2.08. The summed E-state index contributed by atoms with van der Waals surface area (Å²) in [7, 11) is 1.85. The van der Waals surface area contributed by atoms with Gasteiger partial charge in [-0.05, 0) is 23.3 Å². The number of hydrogen-bond donors (Lipinski definition) is 2. The van der Waals surface area contributed by atoms with Crippen LogP contribution in [0.5, 0.6) is 0 Å². The first kappa shape index (κ1) is 12.4. The Bertz CT molecular complexity index is 545. The second-order valence-corrected chi connectivity index (χ2v) is 4.16. The molecule has 0 aliphatic heterocycles. The van der Waals surface area contributed by atoms with Gasteiger partial charge in [-0.2, -0.15) is 0 Å². The minimum Gasteiger partial charge on any atom is -0.347 e. The number of aromatic nitrogens is 1. The van der Waals surface area contributed by atoms with Gasteiger partial charge in [-0.15, -0.1) is 0 Å². The number of carbonyl (C=O) groups excluding carboxylic acids is 1. The van der Waals surface area contributed by atoms with E-state index in [1.807, 2.05) is 43.6 Å². The van der Waals surface area contributed by atoms with E-state index >= 15 is 0 Å². The Hall–Kier alpha value is -2.07. The summed E-state index contributed by atoms with van der Waals surface area (Å²) in [6.45, 7) is 0.980. The normalized spacial score (nSPS) is 10.3. The van der Waals surface area contributed by atoms with Crippen molar-refractivity contribution < 1.29 is 4.79 Å². The summed E-state index contributed by atoms with van der Waals surface area (Å²) in [5, 5.41) is 2.90. The smallest absolute Gasteiger partial charge is 0.268 e. The van der Waals surface area contributed by atoms with Gasteiger partial charge in [0.1, 0.15) is 5.69 Å². The predicted molar refractivity (Wildman–Crippen MR) is 70.9 cm³/mol. The lowest BCUT2D eigenvalue weighted by Gasteiger charge is -2.09. The highest BCUT2D eigenvalue weighted by molar-refractivity contribution is 5.92. The molecule has 0 unspecified atom stereocenters. The number of carbonyl (C=O) groups is 1. The summed E-state index contributed by atoms with van der Waals surface area (Å²) in [4.78, 5) is 11.9. The number of nitrogens with two attached hydrogens (primary N) is 1. The predicted octanol–water partition coefficient (Wildman–Crippen LogP) is 1.41. The van der Waals surface area contributed by atoms with E-state index in [1.54, 1.807) is 10.6 Å². The summed E-state index contributed by atoms with van der Waals surface area (Å²) in [5.41, 5.74) is 8.43. The topological polar surface area (TPSA) is 60.0 Å². The minimum absolute atomic E-state index is 0.0747. The van der Waals surface area contributed by atoms with Crippen molar-refractivity contribution in [3.8, 4) is 0 Å². The fourth-order valence-electron chi connectivity index (χ4n) is 1.89. The first-order valence-electron chi connectivity index (χ1n) is 5.88. The molecule has 18 heavy (non-hydrogen) atoms. The van der Waals surface area contributed by atoms with Crippen molar-refractivity contribution >= 4 is 5.91 Å². The second kappa shape index (κ2) is 5.51. The van der Waals surface area contributed by atoms with E-state index in [-0.39, 0.29) is 5.91 Å². The van der Waals surface area contributed by atoms with E-state index in [4.69, 9.17) is 5.73 Å². The zero-order valence-electron chi connectivity index (χ0n) is 10.4. The molecule has 1 heterocycles. The molecular weight excluding hydrogens is 226 g/mol. The second-order valence-electron chi connectivity index (χ2n) is 4.16. The van der Waals surface area contributed by atoms with Gasteiger partial charge in [0.25, 0.3) is 5.91 Å². The maximum absolute atomic E-state index is 11.9. The lowest BCUT2D eigenvalue weighted by atomic mass is 10.1. The van der Waals surface area contributed by atoms with Gasteiger partial charge in [0.05, 0.1) is 0 Å². The average molecular weight is 243 g/mol. The third-order valence-electron chi connectivity index (χ3n) is 2.95. The average Bonchev–Trinajstić information content (AvgIpc) is 2.82. The molecule has 2 rings (SSSR count). The molecule has 0 aliphatic carbocycles. The Labute approximate surface area is 106 Å². The molecule has 1 aromatic carbocycles. The maximum atomic E-state index is 11.9. The molecule has 0 fully saturated rings. The number of rotatable bonds is 4. The van der Waals surface area contributed by atoms with Gasteiger partial charge in [-0.1, -0.05) is 24.3 Å². The van der Waals surface area contributed by atoms with Crippen molar-refractivity contribution in [3.63, 3.8) is 0 Å². The largest absolute Gasteiger partial charge is 0.347 e. The molecule has 3 N–H and O–H groups in total. The summed E-state index contributed by atoms with van der Waals surface area (Å²) >= 11 is 0. The van der Waals surface area contributed by atoms with Crippen LogP contribution in [-0.2, 0) is 20.1 Å². The van der Waals surface area contributed by atoms with Crippen molar-refractivity contribution in [3.05, 3.63) is 59.4 Å². The van der Waals surface area contributed by atoms with Crippen LogP contribution in [0.3, 0.4) is 0 Å².